The van der Waals surface area contributed by atoms with Crippen molar-refractivity contribution in [2.24, 2.45) is 11.8 Å². The van der Waals surface area contributed by atoms with Gasteiger partial charge in [-0.2, -0.15) is 18.4 Å². The Morgan fingerprint density at radius 1 is 1.36 bits per heavy atom. The second-order valence-corrected chi connectivity index (χ2v) is 3.45. The molecule has 1 rings (SSSR count). The summed E-state index contributed by atoms with van der Waals surface area (Å²) in [5.41, 5.74) is 0.460. The van der Waals surface area contributed by atoms with Crippen LogP contribution in [0.1, 0.15) is 13.8 Å². The molecule has 2 atom stereocenters. The number of halogens is 3. The zero-order valence-electron chi connectivity index (χ0n) is 7.89. The van der Waals surface area contributed by atoms with E-state index in [2.05, 4.69) is 0 Å². The van der Waals surface area contributed by atoms with E-state index in [-0.39, 0.29) is 5.57 Å². The first-order valence-electron chi connectivity index (χ1n) is 4.23. The summed E-state index contributed by atoms with van der Waals surface area (Å²) in [7, 11) is 0. The molecule has 0 bridgehead atoms. The highest BCUT2D eigenvalue weighted by Crippen LogP contribution is 2.42. The van der Waals surface area contributed by atoms with Crippen LogP contribution in [0.4, 0.5) is 13.2 Å². The van der Waals surface area contributed by atoms with Gasteiger partial charge in [0.2, 0.25) is 0 Å². The molecule has 0 aromatic carbocycles. The summed E-state index contributed by atoms with van der Waals surface area (Å²) in [5, 5.41) is 8.58. The van der Waals surface area contributed by atoms with Gasteiger partial charge >= 0.3 is 6.18 Å². The Bertz CT molecular complexity index is 330. The fraction of sp³-hybridized carbons (Fsp3) is 0.500. The largest absolute Gasteiger partial charge is 0.397 e. The Hall–Kier alpha value is -1.24. The van der Waals surface area contributed by atoms with Crippen LogP contribution in [-0.2, 0) is 0 Å². The third kappa shape index (κ3) is 1.82. The van der Waals surface area contributed by atoms with Crippen molar-refractivity contribution in [3.8, 4) is 6.07 Å². The average Bonchev–Trinajstić information content (AvgIpc) is 2.07. The molecule has 0 saturated carbocycles. The lowest BCUT2D eigenvalue weighted by Crippen LogP contribution is -2.32. The van der Waals surface area contributed by atoms with Gasteiger partial charge in [-0.05, 0) is 18.9 Å². The molecule has 0 aliphatic heterocycles. The predicted molar refractivity (Wildman–Crippen MR) is 46.2 cm³/mol. The Kier molecular flexibility index (Phi) is 2.70. The second-order valence-electron chi connectivity index (χ2n) is 3.45. The lowest BCUT2D eigenvalue weighted by molar-refractivity contribution is -0.172. The second kappa shape index (κ2) is 3.49. The molecule has 4 heteroatoms. The van der Waals surface area contributed by atoms with Crippen LogP contribution in [-0.4, -0.2) is 6.18 Å². The highest BCUT2D eigenvalue weighted by Gasteiger charge is 2.46. The molecule has 0 amide bonds. The fourth-order valence-electron chi connectivity index (χ4n) is 1.58. The molecule has 2 unspecified atom stereocenters. The van der Waals surface area contributed by atoms with Crippen molar-refractivity contribution in [3.63, 3.8) is 0 Å². The molecular weight excluding hydrogens is 191 g/mol. The lowest BCUT2D eigenvalue weighted by Gasteiger charge is -2.28. The van der Waals surface area contributed by atoms with Crippen molar-refractivity contribution >= 4 is 0 Å². The van der Waals surface area contributed by atoms with Crippen LogP contribution in [0.5, 0.6) is 0 Å². The van der Waals surface area contributed by atoms with Crippen LogP contribution in [0.3, 0.4) is 0 Å². The van der Waals surface area contributed by atoms with Crippen LogP contribution in [0.25, 0.3) is 0 Å². The maximum absolute atomic E-state index is 12.6. The first-order chi connectivity index (χ1) is 6.38. The monoisotopic (exact) mass is 201 g/mol. The molecule has 1 nitrogen and oxygen atoms in total. The standard InChI is InChI=1S/C10H10F3N/c1-6-3-4-8(5-14)9(7(6)2)10(11,12)13/h3-4,7,9H,1-2H3. The van der Waals surface area contributed by atoms with E-state index in [1.54, 1.807) is 19.1 Å². The third-order valence-corrected chi connectivity index (χ3v) is 2.56. The van der Waals surface area contributed by atoms with E-state index in [0.29, 0.717) is 5.57 Å². The number of allylic oxidation sites excluding steroid dienone is 4. The quantitative estimate of drug-likeness (QED) is 0.590. The maximum Gasteiger partial charge on any atom is 0.397 e. The number of alkyl halides is 3. The van der Waals surface area contributed by atoms with Gasteiger partial charge in [0.05, 0.1) is 12.0 Å². The molecule has 76 valence electrons. The van der Waals surface area contributed by atoms with Gasteiger partial charge in [-0.1, -0.05) is 18.6 Å². The predicted octanol–water partition coefficient (Wildman–Crippen LogP) is 3.21. The number of rotatable bonds is 0. The van der Waals surface area contributed by atoms with E-state index in [0.717, 1.165) is 0 Å². The molecule has 0 heterocycles. The smallest absolute Gasteiger partial charge is 0.193 e. The van der Waals surface area contributed by atoms with Gasteiger partial charge in [0, 0.05) is 5.57 Å². The van der Waals surface area contributed by atoms with E-state index >= 15 is 0 Å². The average molecular weight is 201 g/mol. The third-order valence-electron chi connectivity index (χ3n) is 2.56. The van der Waals surface area contributed by atoms with Crippen molar-refractivity contribution in [2.45, 2.75) is 20.0 Å². The summed E-state index contributed by atoms with van der Waals surface area (Å²) in [5.74, 6) is -2.29. The van der Waals surface area contributed by atoms with Crippen molar-refractivity contribution in [2.75, 3.05) is 0 Å². The van der Waals surface area contributed by atoms with Crippen molar-refractivity contribution < 1.29 is 13.2 Å². The van der Waals surface area contributed by atoms with Gasteiger partial charge in [-0.25, -0.2) is 0 Å². The minimum Gasteiger partial charge on any atom is -0.193 e. The summed E-state index contributed by atoms with van der Waals surface area (Å²) in [4.78, 5) is 0. The molecule has 0 aromatic rings. The number of hydrogen-bond acceptors (Lipinski definition) is 1. The van der Waals surface area contributed by atoms with Gasteiger partial charge in [-0.3, -0.25) is 0 Å². The molecule has 0 fully saturated rings. The first kappa shape index (κ1) is 10.8. The fourth-order valence-corrected chi connectivity index (χ4v) is 1.58. The summed E-state index contributed by atoms with van der Waals surface area (Å²) in [6, 6.07) is 1.61. The van der Waals surface area contributed by atoms with Gasteiger partial charge in [-0.15, -0.1) is 0 Å². The highest BCUT2D eigenvalue weighted by atomic mass is 19.4. The van der Waals surface area contributed by atoms with E-state index in [1.807, 2.05) is 0 Å². The van der Waals surface area contributed by atoms with Crippen LogP contribution >= 0.6 is 0 Å². The molecule has 0 radical (unpaired) electrons. The van der Waals surface area contributed by atoms with Crippen LogP contribution < -0.4 is 0 Å². The van der Waals surface area contributed by atoms with Gasteiger partial charge in [0.15, 0.2) is 0 Å². The molecule has 0 spiro atoms. The van der Waals surface area contributed by atoms with Gasteiger partial charge in [0.1, 0.15) is 0 Å². The molecule has 14 heavy (non-hydrogen) atoms. The molecule has 0 saturated heterocycles. The van der Waals surface area contributed by atoms with Gasteiger partial charge in [0.25, 0.3) is 0 Å². The highest BCUT2D eigenvalue weighted by molar-refractivity contribution is 5.37. The number of nitriles is 1. The summed E-state index contributed by atoms with van der Waals surface area (Å²) in [6.07, 6.45) is -1.50. The maximum atomic E-state index is 12.6. The molecular formula is C10H10F3N. The molecule has 1 aliphatic rings. The number of nitrogens with zero attached hydrogens (tertiary/aromatic N) is 1. The van der Waals surface area contributed by atoms with Gasteiger partial charge < -0.3 is 0 Å². The zero-order chi connectivity index (χ0) is 10.9. The SMILES string of the molecule is CC1=CC=C(C#N)C(C(F)(F)F)C1C. The van der Waals surface area contributed by atoms with Crippen LogP contribution in [0, 0.1) is 23.2 Å². The van der Waals surface area contributed by atoms with Crippen molar-refractivity contribution in [1.29, 1.82) is 5.26 Å². The number of hydrogen-bond donors (Lipinski definition) is 0. The van der Waals surface area contributed by atoms with Crippen molar-refractivity contribution in [3.05, 3.63) is 23.3 Å². The molecule has 0 N–H and O–H groups in total. The Morgan fingerprint density at radius 2 is 1.93 bits per heavy atom. The van der Waals surface area contributed by atoms with E-state index in [9.17, 15) is 13.2 Å². The summed E-state index contributed by atoms with van der Waals surface area (Å²) < 4.78 is 37.7. The van der Waals surface area contributed by atoms with Crippen LogP contribution in [0.15, 0.2) is 23.3 Å². The van der Waals surface area contributed by atoms with Crippen LogP contribution in [0.2, 0.25) is 0 Å². The topological polar surface area (TPSA) is 23.8 Å². The zero-order valence-corrected chi connectivity index (χ0v) is 7.89. The molecule has 0 aromatic heterocycles. The first-order valence-corrected chi connectivity index (χ1v) is 4.23. The normalized spacial score (nSPS) is 27.7. The van der Waals surface area contributed by atoms with E-state index in [1.165, 1.54) is 13.0 Å². The summed E-state index contributed by atoms with van der Waals surface area (Å²) >= 11 is 0. The summed E-state index contributed by atoms with van der Waals surface area (Å²) in [6.45, 7) is 3.14. The Balaban J connectivity index is 3.12. The Morgan fingerprint density at radius 3 is 2.36 bits per heavy atom. The minimum absolute atomic E-state index is 0.199. The van der Waals surface area contributed by atoms with E-state index in [4.69, 9.17) is 5.26 Å². The van der Waals surface area contributed by atoms with Crippen molar-refractivity contribution in [1.82, 2.24) is 0 Å². The molecule has 1 aliphatic carbocycles. The minimum atomic E-state index is -4.34. The lowest BCUT2D eigenvalue weighted by atomic mass is 9.79. The van der Waals surface area contributed by atoms with E-state index < -0.39 is 18.0 Å². The Labute approximate surface area is 80.5 Å².